The van der Waals surface area contributed by atoms with Gasteiger partial charge in [0.25, 0.3) is 5.91 Å². The Morgan fingerprint density at radius 1 is 1.30 bits per heavy atom. The molecule has 1 fully saturated rings. The van der Waals surface area contributed by atoms with E-state index in [0.29, 0.717) is 18.5 Å². The van der Waals surface area contributed by atoms with Crippen LogP contribution >= 0.6 is 0 Å². The van der Waals surface area contributed by atoms with Crippen molar-refractivity contribution in [1.29, 1.82) is 0 Å². The fraction of sp³-hybridized carbons (Fsp3) is 0.455. The predicted octanol–water partition coefficient (Wildman–Crippen LogP) is 2.72. The third-order valence-electron chi connectivity index (χ3n) is 5.21. The number of benzene rings is 1. The topological polar surface area (TPSA) is 152 Å². The number of rotatable bonds is 9. The van der Waals surface area contributed by atoms with E-state index in [1.807, 2.05) is 13.8 Å². The van der Waals surface area contributed by atoms with Crippen molar-refractivity contribution in [2.75, 3.05) is 19.0 Å². The van der Waals surface area contributed by atoms with Gasteiger partial charge in [-0.05, 0) is 45.2 Å². The fourth-order valence-corrected chi connectivity index (χ4v) is 3.66. The molecule has 1 aromatic carbocycles. The van der Waals surface area contributed by atoms with Gasteiger partial charge >= 0.3 is 6.09 Å². The number of phenolic OH excluding ortho intramolecular Hbond substituents is 1. The van der Waals surface area contributed by atoms with Gasteiger partial charge < -0.3 is 30.0 Å². The zero-order chi connectivity index (χ0) is 24.0. The van der Waals surface area contributed by atoms with Gasteiger partial charge in [0.15, 0.2) is 30.2 Å². The molecule has 11 nitrogen and oxygen atoms in total. The summed E-state index contributed by atoms with van der Waals surface area (Å²) < 4.78 is 15.8. The third-order valence-corrected chi connectivity index (χ3v) is 5.21. The summed E-state index contributed by atoms with van der Waals surface area (Å²) in [4.78, 5) is 35.3. The molecule has 1 aliphatic carbocycles. The van der Waals surface area contributed by atoms with Crippen LogP contribution < -0.4 is 20.1 Å². The highest BCUT2D eigenvalue weighted by Gasteiger charge is 2.30. The standard InChI is InChI=1S/C22H28N4O7/c1-12(2)23-22(30)33-14-5-4-13(8-14)16-9-19(26-25-16)24-20(28)11-32-17-6-7-18(31-3)21(29)15(17)10-27/h6-7,9-10,12-14,29H,4-5,8,11H2,1-3H3,(H,23,30)(H2,24,25,26,28)/t13-,14+/m0/s1. The number of amides is 2. The Balaban J connectivity index is 1.51. The minimum Gasteiger partial charge on any atom is -0.504 e. The van der Waals surface area contributed by atoms with Gasteiger partial charge in [-0.1, -0.05) is 0 Å². The number of aldehydes is 1. The number of anilines is 1. The molecular weight excluding hydrogens is 432 g/mol. The van der Waals surface area contributed by atoms with Crippen LogP contribution in [-0.2, 0) is 9.53 Å². The minimum atomic E-state index is -0.488. The summed E-state index contributed by atoms with van der Waals surface area (Å²) in [6.45, 7) is 3.34. The van der Waals surface area contributed by atoms with E-state index < -0.39 is 12.0 Å². The molecule has 33 heavy (non-hydrogen) atoms. The number of aromatic hydroxyl groups is 1. The number of carbonyl (C=O) groups is 3. The number of hydrogen-bond donors (Lipinski definition) is 4. The average Bonchev–Trinajstić information content (AvgIpc) is 3.41. The third kappa shape index (κ3) is 6.15. The zero-order valence-corrected chi connectivity index (χ0v) is 18.7. The number of hydrogen-bond acceptors (Lipinski definition) is 8. The Bertz CT molecular complexity index is 1000. The lowest BCUT2D eigenvalue weighted by atomic mass is 10.0. The number of aromatic amines is 1. The molecule has 11 heteroatoms. The highest BCUT2D eigenvalue weighted by Crippen LogP contribution is 2.36. The molecule has 0 spiro atoms. The Morgan fingerprint density at radius 2 is 2.06 bits per heavy atom. The maximum absolute atomic E-state index is 12.3. The second-order valence-electron chi connectivity index (χ2n) is 8.03. The monoisotopic (exact) mass is 460 g/mol. The second-order valence-corrected chi connectivity index (χ2v) is 8.03. The van der Waals surface area contributed by atoms with E-state index in [1.54, 1.807) is 6.07 Å². The van der Waals surface area contributed by atoms with Crippen LogP contribution in [0.5, 0.6) is 17.2 Å². The predicted molar refractivity (Wildman–Crippen MR) is 118 cm³/mol. The fourth-order valence-electron chi connectivity index (χ4n) is 3.66. The lowest BCUT2D eigenvalue weighted by molar-refractivity contribution is -0.118. The number of nitrogens with one attached hydrogen (secondary N) is 3. The van der Waals surface area contributed by atoms with Gasteiger partial charge in [0.2, 0.25) is 0 Å². The van der Waals surface area contributed by atoms with Crippen LogP contribution in [-0.4, -0.2) is 59.5 Å². The van der Waals surface area contributed by atoms with Crippen LogP contribution in [0, 0.1) is 0 Å². The van der Waals surface area contributed by atoms with E-state index in [0.717, 1.165) is 18.5 Å². The molecule has 1 aromatic heterocycles. The summed E-state index contributed by atoms with van der Waals surface area (Å²) in [7, 11) is 1.36. The number of aromatic nitrogens is 2. The van der Waals surface area contributed by atoms with E-state index in [4.69, 9.17) is 14.2 Å². The second kappa shape index (κ2) is 10.7. The molecule has 1 aliphatic rings. The lowest BCUT2D eigenvalue weighted by Crippen LogP contribution is -2.33. The van der Waals surface area contributed by atoms with Crippen molar-refractivity contribution in [3.8, 4) is 17.2 Å². The molecular formula is C22H28N4O7. The number of carbonyl (C=O) groups excluding carboxylic acids is 3. The van der Waals surface area contributed by atoms with Gasteiger partial charge in [-0.3, -0.25) is 14.7 Å². The zero-order valence-electron chi connectivity index (χ0n) is 18.7. The number of H-pyrrole nitrogens is 1. The first-order chi connectivity index (χ1) is 15.8. The maximum Gasteiger partial charge on any atom is 0.407 e. The van der Waals surface area contributed by atoms with Crippen molar-refractivity contribution in [3.05, 3.63) is 29.5 Å². The molecule has 2 amide bonds. The molecule has 2 aromatic rings. The van der Waals surface area contributed by atoms with Gasteiger partial charge in [0.1, 0.15) is 17.4 Å². The molecule has 3 rings (SSSR count). The highest BCUT2D eigenvalue weighted by molar-refractivity contribution is 5.91. The summed E-state index contributed by atoms with van der Waals surface area (Å²) in [5.41, 5.74) is 0.731. The van der Waals surface area contributed by atoms with Crippen LogP contribution in [0.3, 0.4) is 0 Å². The molecule has 0 aliphatic heterocycles. The molecule has 1 heterocycles. The van der Waals surface area contributed by atoms with Gasteiger partial charge in [-0.25, -0.2) is 4.79 Å². The molecule has 0 saturated heterocycles. The van der Waals surface area contributed by atoms with E-state index >= 15 is 0 Å². The number of ether oxygens (including phenoxy) is 3. The first-order valence-corrected chi connectivity index (χ1v) is 10.6. The average molecular weight is 460 g/mol. The molecule has 4 N–H and O–H groups in total. The Morgan fingerprint density at radius 3 is 2.76 bits per heavy atom. The largest absolute Gasteiger partial charge is 0.504 e. The highest BCUT2D eigenvalue weighted by atomic mass is 16.6. The van der Waals surface area contributed by atoms with Crippen LogP contribution in [0.25, 0.3) is 0 Å². The Hall–Kier alpha value is -3.76. The van der Waals surface area contributed by atoms with Crippen molar-refractivity contribution in [3.63, 3.8) is 0 Å². The van der Waals surface area contributed by atoms with Crippen LogP contribution in [0.2, 0.25) is 0 Å². The summed E-state index contributed by atoms with van der Waals surface area (Å²) in [5, 5.41) is 22.4. The maximum atomic E-state index is 12.3. The molecule has 0 bridgehead atoms. The van der Waals surface area contributed by atoms with E-state index in [-0.39, 0.29) is 47.5 Å². The summed E-state index contributed by atoms with van der Waals surface area (Å²) in [6, 6.07) is 4.61. The van der Waals surface area contributed by atoms with Crippen molar-refractivity contribution < 1.29 is 33.7 Å². The summed E-state index contributed by atoms with van der Waals surface area (Å²) >= 11 is 0. The molecule has 0 radical (unpaired) electrons. The van der Waals surface area contributed by atoms with Gasteiger partial charge in [-0.2, -0.15) is 5.10 Å². The first-order valence-electron chi connectivity index (χ1n) is 10.6. The lowest BCUT2D eigenvalue weighted by Gasteiger charge is -2.14. The smallest absolute Gasteiger partial charge is 0.407 e. The van der Waals surface area contributed by atoms with Crippen molar-refractivity contribution in [2.45, 2.75) is 51.2 Å². The van der Waals surface area contributed by atoms with E-state index in [1.165, 1.54) is 19.2 Å². The SMILES string of the molecule is COc1ccc(OCC(=O)Nc2cc([C@H]3CC[C@@H](OC(=O)NC(C)C)C3)[nH]n2)c(C=O)c1O. The Labute approximate surface area is 190 Å². The minimum absolute atomic E-state index is 0.0119. The van der Waals surface area contributed by atoms with Gasteiger partial charge in [0.05, 0.1) is 7.11 Å². The van der Waals surface area contributed by atoms with E-state index in [9.17, 15) is 19.5 Å². The number of methoxy groups -OCH3 is 1. The van der Waals surface area contributed by atoms with Gasteiger partial charge in [-0.15, -0.1) is 0 Å². The quantitative estimate of drug-likeness (QED) is 0.417. The number of phenols is 1. The molecule has 1 saturated carbocycles. The van der Waals surface area contributed by atoms with Crippen molar-refractivity contribution in [1.82, 2.24) is 15.5 Å². The summed E-state index contributed by atoms with van der Waals surface area (Å²) in [6.07, 6.45) is 2.08. The van der Waals surface area contributed by atoms with Crippen LogP contribution in [0.15, 0.2) is 18.2 Å². The number of nitrogens with zero attached hydrogens (tertiary/aromatic N) is 1. The van der Waals surface area contributed by atoms with Crippen LogP contribution in [0.4, 0.5) is 10.6 Å². The summed E-state index contributed by atoms with van der Waals surface area (Å²) in [5.74, 6) is -0.207. The van der Waals surface area contributed by atoms with Crippen molar-refractivity contribution >= 4 is 24.1 Å². The molecule has 2 atom stereocenters. The normalized spacial score (nSPS) is 17.5. The number of alkyl carbamates (subject to hydrolysis) is 1. The molecule has 0 unspecified atom stereocenters. The van der Waals surface area contributed by atoms with Crippen LogP contribution in [0.1, 0.15) is 55.1 Å². The van der Waals surface area contributed by atoms with E-state index in [2.05, 4.69) is 20.8 Å². The Kier molecular flexibility index (Phi) is 7.75. The first kappa shape index (κ1) is 23.9. The van der Waals surface area contributed by atoms with Gasteiger partial charge in [0, 0.05) is 23.7 Å². The van der Waals surface area contributed by atoms with Crippen molar-refractivity contribution in [2.24, 2.45) is 0 Å². The molecule has 178 valence electrons.